The van der Waals surface area contributed by atoms with E-state index in [1.807, 2.05) is 46.1 Å². The molecule has 2 fully saturated rings. The number of halogens is 1. The van der Waals surface area contributed by atoms with Gasteiger partial charge >= 0.3 is 0 Å². The maximum Gasteiger partial charge on any atom is 0.263 e. The van der Waals surface area contributed by atoms with Crippen molar-refractivity contribution in [1.82, 2.24) is 10.0 Å². The van der Waals surface area contributed by atoms with E-state index in [2.05, 4.69) is 40.9 Å². The van der Waals surface area contributed by atoms with Crippen LogP contribution >= 0.6 is 11.6 Å². The summed E-state index contributed by atoms with van der Waals surface area (Å²) in [7, 11) is 2.32. The number of amides is 1. The molecule has 6 atom stereocenters. The molecule has 8 nitrogen and oxygen atoms in total. The molecule has 3 heterocycles. The van der Waals surface area contributed by atoms with Crippen LogP contribution in [0.25, 0.3) is 0 Å². The Morgan fingerprint density at radius 3 is 2.41 bits per heavy atom. The minimum absolute atomic E-state index is 0.150. The quantitative estimate of drug-likeness (QED) is 0.334. The standard InChI is InChI=1S/C35H47ClN2O5S.C2H7N.C2H6/c1-3-5-24-18-28(36)9-12-29(24)27-21-38-20-26-7-11-30(26)31(35-41-15-4-16-42-35)10-6-23(2)14-17-44(40)37-34(39)25-8-13-33(43-22-27)32(38)19-25;1-3-2;1-2/h8-9,12-13,18-19,23,26-27,30-31,35H,3-7,10-11,14-17,20-22H2,1-2H3,(H,37,39);3H,1-2H3;1-2H3. The molecule has 2 aromatic rings. The van der Waals surface area contributed by atoms with Gasteiger partial charge in [-0.25, -0.2) is 4.21 Å². The number of carbonyl (C=O) groups is 1. The Labute approximate surface area is 303 Å². The van der Waals surface area contributed by atoms with E-state index in [0.29, 0.717) is 41.6 Å². The molecule has 1 saturated carbocycles. The average molecular weight is 718 g/mol. The number of fused-ring (bicyclic) bond motifs is 2. The molecule has 2 bridgehead atoms. The molecule has 2 N–H and O–H groups in total. The molecule has 0 aromatic heterocycles. The summed E-state index contributed by atoms with van der Waals surface area (Å²) in [6.07, 6.45) is 8.01. The van der Waals surface area contributed by atoms with E-state index in [9.17, 15) is 9.00 Å². The number of nitrogens with one attached hydrogen (secondary N) is 2. The molecular formula is C39H60ClN3O5S. The summed E-state index contributed by atoms with van der Waals surface area (Å²) in [5.74, 6) is 2.83. The third-order valence-electron chi connectivity index (χ3n) is 10.2. The van der Waals surface area contributed by atoms with Crippen LogP contribution in [-0.2, 0) is 26.9 Å². The first-order valence-electron chi connectivity index (χ1n) is 18.6. The Morgan fingerprint density at radius 2 is 1.71 bits per heavy atom. The zero-order valence-electron chi connectivity index (χ0n) is 30.6. The zero-order valence-corrected chi connectivity index (χ0v) is 32.2. The predicted octanol–water partition coefficient (Wildman–Crippen LogP) is 7.76. The summed E-state index contributed by atoms with van der Waals surface area (Å²) >= 11 is 6.44. The van der Waals surface area contributed by atoms with Gasteiger partial charge in [-0.2, -0.15) is 0 Å². The highest BCUT2D eigenvalue weighted by Crippen LogP contribution is 2.47. The lowest BCUT2D eigenvalue weighted by atomic mass is 9.65. The number of aryl methyl sites for hydroxylation is 1. The molecule has 6 unspecified atom stereocenters. The van der Waals surface area contributed by atoms with Crippen LogP contribution in [0.15, 0.2) is 36.4 Å². The molecule has 1 aliphatic carbocycles. The zero-order chi connectivity index (χ0) is 35.3. The van der Waals surface area contributed by atoms with Crippen LogP contribution in [0.2, 0.25) is 5.02 Å². The van der Waals surface area contributed by atoms with Crippen molar-refractivity contribution in [2.75, 3.05) is 57.7 Å². The lowest BCUT2D eigenvalue weighted by Gasteiger charge is -2.47. The van der Waals surface area contributed by atoms with Crippen molar-refractivity contribution in [3.8, 4) is 5.75 Å². The second-order valence-corrected chi connectivity index (χ2v) is 15.5. The van der Waals surface area contributed by atoms with Gasteiger partial charge in [0.1, 0.15) is 16.7 Å². The molecule has 274 valence electrons. The molecule has 1 amide bonds. The van der Waals surface area contributed by atoms with Gasteiger partial charge < -0.3 is 24.4 Å². The molecule has 10 heteroatoms. The highest BCUT2D eigenvalue weighted by Gasteiger charge is 2.43. The lowest BCUT2D eigenvalue weighted by molar-refractivity contribution is -0.224. The first kappa shape index (κ1) is 39.6. The monoisotopic (exact) mass is 717 g/mol. The van der Waals surface area contributed by atoms with Gasteiger partial charge in [-0.1, -0.05) is 58.2 Å². The Bertz CT molecular complexity index is 1360. The van der Waals surface area contributed by atoms with Crippen LogP contribution in [0.5, 0.6) is 5.75 Å². The summed E-state index contributed by atoms with van der Waals surface area (Å²) in [5, 5.41) is 3.51. The third-order valence-corrected chi connectivity index (χ3v) is 11.4. The summed E-state index contributed by atoms with van der Waals surface area (Å²) in [6, 6.07) is 11.9. The highest BCUT2D eigenvalue weighted by atomic mass is 35.5. The fraction of sp³-hybridized carbons (Fsp3) is 0.667. The van der Waals surface area contributed by atoms with Gasteiger partial charge in [0.05, 0.1) is 25.5 Å². The summed E-state index contributed by atoms with van der Waals surface area (Å²) < 4.78 is 34.6. The van der Waals surface area contributed by atoms with E-state index in [1.165, 1.54) is 24.0 Å². The first-order valence-corrected chi connectivity index (χ1v) is 20.3. The number of carbonyl (C=O) groups excluding carboxylic acids is 1. The number of rotatable bonds is 4. The maximum absolute atomic E-state index is 13.2. The number of hydrogen-bond acceptors (Lipinski definition) is 7. The number of hydrogen-bond donors (Lipinski definition) is 2. The number of anilines is 1. The second-order valence-electron chi connectivity index (χ2n) is 13.8. The van der Waals surface area contributed by atoms with Crippen molar-refractivity contribution in [1.29, 1.82) is 0 Å². The normalized spacial score (nSPS) is 27.7. The summed E-state index contributed by atoms with van der Waals surface area (Å²) in [6.45, 7) is 12.2. The largest absolute Gasteiger partial charge is 0.491 e. The van der Waals surface area contributed by atoms with E-state index < -0.39 is 11.0 Å². The van der Waals surface area contributed by atoms with Crippen LogP contribution in [-0.4, -0.2) is 69.2 Å². The van der Waals surface area contributed by atoms with E-state index in [4.69, 9.17) is 25.8 Å². The van der Waals surface area contributed by atoms with Crippen LogP contribution in [0.4, 0.5) is 5.69 Å². The molecule has 1 saturated heterocycles. The van der Waals surface area contributed by atoms with Gasteiger partial charge in [0.2, 0.25) is 0 Å². The van der Waals surface area contributed by atoms with Crippen molar-refractivity contribution in [3.05, 3.63) is 58.1 Å². The molecule has 4 aliphatic rings. The van der Waals surface area contributed by atoms with Gasteiger partial charge in [-0.3, -0.25) is 9.52 Å². The first-order chi connectivity index (χ1) is 23.8. The van der Waals surface area contributed by atoms with Crippen molar-refractivity contribution in [2.24, 2.45) is 23.7 Å². The number of ether oxygens (including phenoxy) is 3. The van der Waals surface area contributed by atoms with Crippen LogP contribution < -0.4 is 19.7 Å². The van der Waals surface area contributed by atoms with E-state index in [-0.39, 0.29) is 18.1 Å². The van der Waals surface area contributed by atoms with Crippen molar-refractivity contribution in [2.45, 2.75) is 91.3 Å². The van der Waals surface area contributed by atoms with Gasteiger partial charge in [0, 0.05) is 41.3 Å². The van der Waals surface area contributed by atoms with Crippen molar-refractivity contribution in [3.63, 3.8) is 0 Å². The summed E-state index contributed by atoms with van der Waals surface area (Å²) in [4.78, 5) is 15.7. The van der Waals surface area contributed by atoms with Crippen molar-refractivity contribution >= 4 is 34.2 Å². The van der Waals surface area contributed by atoms with Gasteiger partial charge in [-0.15, -0.1) is 0 Å². The molecule has 0 radical (unpaired) electrons. The van der Waals surface area contributed by atoms with E-state index >= 15 is 0 Å². The summed E-state index contributed by atoms with van der Waals surface area (Å²) in [5.41, 5.74) is 4.00. The second kappa shape index (κ2) is 20.0. The Kier molecular flexibility index (Phi) is 16.2. The minimum atomic E-state index is -1.43. The molecule has 3 aliphatic heterocycles. The van der Waals surface area contributed by atoms with E-state index in [0.717, 1.165) is 81.3 Å². The molecular weight excluding hydrogens is 658 g/mol. The highest BCUT2D eigenvalue weighted by molar-refractivity contribution is 7.83. The third kappa shape index (κ3) is 10.7. The number of benzene rings is 2. The topological polar surface area (TPSA) is 89.1 Å². The van der Waals surface area contributed by atoms with E-state index in [1.54, 1.807) is 6.07 Å². The van der Waals surface area contributed by atoms with Gasteiger partial charge in [0.15, 0.2) is 6.29 Å². The fourth-order valence-corrected chi connectivity index (χ4v) is 8.81. The smallest absolute Gasteiger partial charge is 0.263 e. The Balaban J connectivity index is 0.00000103. The molecule has 6 rings (SSSR count). The van der Waals surface area contributed by atoms with Crippen LogP contribution in [0, 0.1) is 23.7 Å². The average Bonchev–Trinajstić information content (AvgIpc) is 3.28. The fourth-order valence-electron chi connectivity index (χ4n) is 7.57. The Hall–Kier alpha value is -2.17. The van der Waals surface area contributed by atoms with Gasteiger partial charge in [-0.05, 0) is 112 Å². The molecule has 49 heavy (non-hydrogen) atoms. The Morgan fingerprint density at radius 1 is 0.980 bits per heavy atom. The van der Waals surface area contributed by atoms with Crippen LogP contribution in [0.3, 0.4) is 0 Å². The van der Waals surface area contributed by atoms with Crippen molar-refractivity contribution < 1.29 is 23.2 Å². The minimum Gasteiger partial charge on any atom is -0.491 e. The molecule has 2 aromatic carbocycles. The van der Waals surface area contributed by atoms with Gasteiger partial charge in [0.25, 0.3) is 5.91 Å². The predicted molar refractivity (Wildman–Crippen MR) is 202 cm³/mol. The SMILES string of the molecule is CC.CCCc1cc(Cl)ccc1C1COc2ccc3cc2N(C1)CC1CCC1C(C1OCCCO1)CCC(C)CCS(=O)NC3=O.CNC. The number of nitrogens with zero attached hydrogens (tertiary/aromatic N) is 1. The molecule has 0 spiro atoms. The van der Waals surface area contributed by atoms with Crippen LogP contribution in [0.1, 0.15) is 100 Å². The lowest BCUT2D eigenvalue weighted by Crippen LogP contribution is -2.47. The maximum atomic E-state index is 13.2.